The molecule has 3 rings (SSSR count). The van der Waals surface area contributed by atoms with E-state index in [4.69, 9.17) is 4.74 Å². The van der Waals surface area contributed by atoms with Gasteiger partial charge in [-0.1, -0.05) is 60.6 Å². The number of amides is 1. The molecule has 1 aliphatic heterocycles. The number of hydrogen-bond donors (Lipinski definition) is 2. The number of carbonyl (C=O) groups excluding carboxylic acids is 2. The minimum Gasteiger partial charge on any atom is -0.508 e. The van der Waals surface area contributed by atoms with Crippen molar-refractivity contribution in [1.29, 1.82) is 0 Å². The van der Waals surface area contributed by atoms with Crippen molar-refractivity contribution in [2.75, 3.05) is 51.3 Å². The Bertz CT molecular complexity index is 1110. The molecule has 0 saturated carbocycles. The maximum atomic E-state index is 13.3. The van der Waals surface area contributed by atoms with Crippen molar-refractivity contribution in [3.63, 3.8) is 0 Å². The number of phenolic OH excluding ortho intramolecular Hbond substituents is 2. The Morgan fingerprint density at radius 2 is 1.79 bits per heavy atom. The van der Waals surface area contributed by atoms with Gasteiger partial charge in [-0.05, 0) is 47.8 Å². The summed E-state index contributed by atoms with van der Waals surface area (Å²) in [5.41, 5.74) is 4.38. The molecule has 0 fully saturated rings. The molecule has 0 unspecified atom stereocenters. The van der Waals surface area contributed by atoms with Crippen molar-refractivity contribution >= 4 is 34.0 Å². The third kappa shape index (κ3) is 9.06. The van der Waals surface area contributed by atoms with Crippen LogP contribution in [0.2, 0.25) is 0 Å². The first kappa shape index (κ1) is 31.1. The van der Waals surface area contributed by atoms with Gasteiger partial charge in [-0.15, -0.1) is 0 Å². The number of carbonyl (C=O) groups is 2. The fourth-order valence-electron chi connectivity index (χ4n) is 4.56. The molecule has 214 valence electrons. The number of rotatable bonds is 16. The first-order valence-electron chi connectivity index (χ1n) is 13.4. The summed E-state index contributed by atoms with van der Waals surface area (Å²) in [5.74, 6) is 1.46. The molecule has 2 aromatic carbocycles. The minimum atomic E-state index is -0.226. The fraction of sp³-hybridized carbons (Fsp3) is 0.517. The Labute approximate surface area is 240 Å². The van der Waals surface area contributed by atoms with Gasteiger partial charge in [0, 0.05) is 56.8 Å². The number of nitrogens with zero attached hydrogens (tertiary/aromatic N) is 3. The lowest BCUT2D eigenvalue weighted by atomic mass is 9.98. The molecular weight excluding hydrogens is 534 g/mol. The van der Waals surface area contributed by atoms with E-state index in [1.807, 2.05) is 13.8 Å². The molecule has 0 saturated heterocycles. The van der Waals surface area contributed by atoms with Crippen molar-refractivity contribution in [3.8, 4) is 11.5 Å². The second kappa shape index (κ2) is 15.4. The zero-order valence-electron chi connectivity index (χ0n) is 23.4. The summed E-state index contributed by atoms with van der Waals surface area (Å²) < 4.78 is 4.70. The molecule has 0 aromatic heterocycles. The zero-order chi connectivity index (χ0) is 28.4. The highest BCUT2D eigenvalue weighted by Crippen LogP contribution is 2.34. The van der Waals surface area contributed by atoms with Crippen molar-refractivity contribution in [2.45, 2.75) is 46.3 Å². The molecule has 2 N–H and O–H groups in total. The van der Waals surface area contributed by atoms with Gasteiger partial charge >= 0.3 is 0 Å². The zero-order valence-corrected chi connectivity index (χ0v) is 25.0. The van der Waals surface area contributed by atoms with Gasteiger partial charge in [0.1, 0.15) is 18.1 Å². The van der Waals surface area contributed by atoms with E-state index in [1.54, 1.807) is 32.6 Å². The van der Waals surface area contributed by atoms with Gasteiger partial charge in [0.05, 0.1) is 5.56 Å². The van der Waals surface area contributed by atoms with Crippen molar-refractivity contribution < 1.29 is 24.5 Å². The van der Waals surface area contributed by atoms with Gasteiger partial charge in [0.25, 0.3) is 12.4 Å². The van der Waals surface area contributed by atoms with Crippen LogP contribution in [0.25, 0.3) is 0 Å². The lowest BCUT2D eigenvalue weighted by Gasteiger charge is -2.24. The lowest BCUT2D eigenvalue weighted by molar-refractivity contribution is -0.128. The number of aromatic hydroxyl groups is 2. The average Bonchev–Trinajstić information content (AvgIpc) is 3.33. The number of fused-ring (bicyclic) bond motifs is 1. The topological polar surface area (TPSA) is 93.6 Å². The predicted molar refractivity (Wildman–Crippen MR) is 159 cm³/mol. The molecule has 0 spiro atoms. The summed E-state index contributed by atoms with van der Waals surface area (Å²) in [6.07, 6.45) is 0. The van der Waals surface area contributed by atoms with Crippen molar-refractivity contribution in [3.05, 3.63) is 58.1 Å². The molecule has 1 aliphatic rings. The highest BCUT2D eigenvalue weighted by Gasteiger charge is 2.27. The second-order valence-corrected chi connectivity index (χ2v) is 12.8. The number of likely N-dealkylation sites (N-methyl/N-ethyl adjacent to an activating group) is 2. The second-order valence-electron chi connectivity index (χ2n) is 10.1. The molecule has 1 heterocycles. The lowest BCUT2D eigenvalue weighted by Crippen LogP contribution is -2.33. The van der Waals surface area contributed by atoms with Crippen molar-refractivity contribution in [1.82, 2.24) is 14.7 Å². The predicted octanol–water partition coefficient (Wildman–Crippen LogP) is 4.69. The van der Waals surface area contributed by atoms with Crippen LogP contribution in [0.5, 0.6) is 11.5 Å². The normalized spacial score (nSPS) is 12.9. The third-order valence-electron chi connectivity index (χ3n) is 6.92. The first-order chi connectivity index (χ1) is 18.7. The van der Waals surface area contributed by atoms with Gasteiger partial charge in [-0.2, -0.15) is 0 Å². The maximum absolute atomic E-state index is 13.3. The van der Waals surface area contributed by atoms with Crippen LogP contribution in [0.4, 0.5) is 0 Å². The van der Waals surface area contributed by atoms with Gasteiger partial charge < -0.3 is 24.7 Å². The van der Waals surface area contributed by atoms with Crippen LogP contribution < -0.4 is 0 Å². The van der Waals surface area contributed by atoms with E-state index in [0.717, 1.165) is 55.4 Å². The monoisotopic (exact) mass is 575 g/mol. The van der Waals surface area contributed by atoms with Crippen LogP contribution in [-0.4, -0.2) is 88.6 Å². The van der Waals surface area contributed by atoms with Gasteiger partial charge in [0.2, 0.25) is 0 Å². The van der Waals surface area contributed by atoms with Crippen molar-refractivity contribution in [2.24, 2.45) is 0 Å². The standard InChI is InChI=1S/C29H41N3O5S2/c1-5-31(9-8-30(4)10-12-38-39-13-11-37-20-33)17-22-6-7-23-18-32(19-24(23)14-22)29(36)26-15-25(21(2)3)27(34)16-28(26)35/h6-7,14-16,20-21,34-35H,5,8-13,17-19H2,1-4H3. The molecule has 0 radical (unpaired) electrons. The van der Waals surface area contributed by atoms with Gasteiger partial charge in [-0.25, -0.2) is 0 Å². The summed E-state index contributed by atoms with van der Waals surface area (Å²) in [5, 5.41) is 20.5. The summed E-state index contributed by atoms with van der Waals surface area (Å²) >= 11 is 0. The summed E-state index contributed by atoms with van der Waals surface area (Å²) in [6.45, 7) is 12.8. The SMILES string of the molecule is CCN(CCN(C)CCSSCCOC=O)Cc1ccc2c(c1)CN(C(=O)c1cc(C(C)C)c(O)cc1O)C2. The quantitative estimate of drug-likeness (QED) is 0.168. The first-order valence-corrected chi connectivity index (χ1v) is 15.9. The van der Waals surface area contributed by atoms with Crippen LogP contribution in [0.3, 0.4) is 0 Å². The smallest absolute Gasteiger partial charge is 0.293 e. The number of ether oxygens (including phenoxy) is 1. The largest absolute Gasteiger partial charge is 0.508 e. The van der Waals surface area contributed by atoms with E-state index in [9.17, 15) is 19.8 Å². The Kier molecular flexibility index (Phi) is 12.3. The molecule has 0 bridgehead atoms. The van der Waals surface area contributed by atoms with E-state index in [1.165, 1.54) is 11.6 Å². The molecule has 0 atom stereocenters. The Morgan fingerprint density at radius 3 is 2.51 bits per heavy atom. The van der Waals surface area contributed by atoms with E-state index >= 15 is 0 Å². The molecule has 0 aliphatic carbocycles. The highest BCUT2D eigenvalue weighted by atomic mass is 33.1. The summed E-state index contributed by atoms with van der Waals surface area (Å²) in [7, 11) is 5.67. The fourth-order valence-corrected chi connectivity index (χ4v) is 6.48. The molecule has 10 heteroatoms. The maximum Gasteiger partial charge on any atom is 0.293 e. The van der Waals surface area contributed by atoms with E-state index in [-0.39, 0.29) is 28.9 Å². The Balaban J connectivity index is 1.50. The van der Waals surface area contributed by atoms with Crippen LogP contribution in [0.15, 0.2) is 30.3 Å². The number of phenols is 2. The van der Waals surface area contributed by atoms with Crippen LogP contribution >= 0.6 is 21.6 Å². The summed E-state index contributed by atoms with van der Waals surface area (Å²) in [4.78, 5) is 30.0. The van der Waals surface area contributed by atoms with E-state index in [0.29, 0.717) is 31.7 Å². The molecule has 8 nitrogen and oxygen atoms in total. The number of benzene rings is 2. The Hall–Kier alpha value is -2.40. The van der Waals surface area contributed by atoms with Crippen LogP contribution in [0.1, 0.15) is 59.3 Å². The molecular formula is C29H41N3O5S2. The summed E-state index contributed by atoms with van der Waals surface area (Å²) in [6, 6.07) is 9.35. The van der Waals surface area contributed by atoms with Crippen LogP contribution in [-0.2, 0) is 29.2 Å². The molecule has 2 aromatic rings. The van der Waals surface area contributed by atoms with Crippen LogP contribution in [0, 0.1) is 0 Å². The van der Waals surface area contributed by atoms with E-state index in [2.05, 4.69) is 42.0 Å². The Morgan fingerprint density at radius 1 is 1.05 bits per heavy atom. The van der Waals surface area contributed by atoms with Gasteiger partial charge in [-0.3, -0.25) is 14.5 Å². The minimum absolute atomic E-state index is 0.0101. The average molecular weight is 576 g/mol. The van der Waals surface area contributed by atoms with E-state index < -0.39 is 0 Å². The number of hydrogen-bond acceptors (Lipinski definition) is 9. The van der Waals surface area contributed by atoms with Gasteiger partial charge in [0.15, 0.2) is 0 Å². The molecule has 39 heavy (non-hydrogen) atoms. The highest BCUT2D eigenvalue weighted by molar-refractivity contribution is 8.76. The molecule has 1 amide bonds. The third-order valence-corrected chi connectivity index (χ3v) is 9.27.